The van der Waals surface area contributed by atoms with Crippen LogP contribution in [0.2, 0.25) is 3.97 Å². The Hall–Kier alpha value is -0.000390. The van der Waals surface area contributed by atoms with Crippen molar-refractivity contribution >= 4 is 28.3 Å². The molecule has 0 amide bonds. The topological polar surface area (TPSA) is 37.3 Å². The van der Waals surface area contributed by atoms with Crippen LogP contribution < -0.4 is 0 Å². The molecule has 0 rings (SSSR count). The van der Waals surface area contributed by atoms with Crippen molar-refractivity contribution in [2.75, 3.05) is 0 Å². The molecular formula is C9H16O2Te. The quantitative estimate of drug-likeness (QED) is 0.597. The van der Waals surface area contributed by atoms with Crippen LogP contribution in [0, 0.1) is 0 Å². The molecule has 0 aromatic carbocycles. The van der Waals surface area contributed by atoms with Crippen LogP contribution >= 0.6 is 0 Å². The minimum absolute atomic E-state index is 0.345. The molecule has 12 heavy (non-hydrogen) atoms. The summed E-state index contributed by atoms with van der Waals surface area (Å²) in [7, 11) is 0. The third-order valence-electron chi connectivity index (χ3n) is 1.68. The van der Waals surface area contributed by atoms with Crippen molar-refractivity contribution in [3.05, 3.63) is 12.2 Å². The molecule has 0 fully saturated rings. The Balaban J connectivity index is 3.61. The SMILES string of the molecule is C=C(CC([TeH])CCCC)C(=O)O. The molecule has 1 N–H and O–H groups in total. The first-order valence-electron chi connectivity index (χ1n) is 4.17. The van der Waals surface area contributed by atoms with Gasteiger partial charge in [-0.15, -0.1) is 0 Å². The molecule has 0 heterocycles. The second-order valence-electron chi connectivity index (χ2n) is 2.91. The van der Waals surface area contributed by atoms with E-state index in [-0.39, 0.29) is 0 Å². The Bertz CT molecular complexity index is 166. The van der Waals surface area contributed by atoms with E-state index >= 15 is 0 Å². The van der Waals surface area contributed by atoms with E-state index in [1.807, 2.05) is 0 Å². The van der Waals surface area contributed by atoms with Gasteiger partial charge in [-0.05, 0) is 0 Å². The normalized spacial score (nSPS) is 12.5. The Morgan fingerprint density at radius 2 is 2.25 bits per heavy atom. The molecule has 0 saturated heterocycles. The number of rotatable bonds is 6. The first-order chi connectivity index (χ1) is 5.57. The summed E-state index contributed by atoms with van der Waals surface area (Å²) in [5.41, 5.74) is 0.345. The first-order valence-corrected chi connectivity index (χ1v) is 5.64. The summed E-state index contributed by atoms with van der Waals surface area (Å²) in [5, 5.41) is 8.56. The number of hydrogen-bond donors (Lipinski definition) is 1. The number of unbranched alkanes of at least 4 members (excludes halogenated alkanes) is 1. The second kappa shape index (κ2) is 6.51. The van der Waals surface area contributed by atoms with E-state index in [1.54, 1.807) is 22.3 Å². The summed E-state index contributed by atoms with van der Waals surface area (Å²) in [4.78, 5) is 10.4. The Labute approximate surface area is 86.9 Å². The van der Waals surface area contributed by atoms with Crippen LogP contribution in [0.25, 0.3) is 0 Å². The number of hydrogen-bond acceptors (Lipinski definition) is 1. The molecule has 2 nitrogen and oxygen atoms in total. The third-order valence-corrected chi connectivity index (χ3v) is 2.93. The van der Waals surface area contributed by atoms with Crippen molar-refractivity contribution in [1.82, 2.24) is 0 Å². The van der Waals surface area contributed by atoms with Gasteiger partial charge in [0.1, 0.15) is 0 Å². The summed E-state index contributed by atoms with van der Waals surface area (Å²) < 4.78 is 0.502. The molecule has 3 heteroatoms. The van der Waals surface area contributed by atoms with Gasteiger partial charge in [0.2, 0.25) is 0 Å². The average molecular weight is 284 g/mol. The fourth-order valence-electron chi connectivity index (χ4n) is 0.914. The zero-order valence-corrected chi connectivity index (χ0v) is 9.97. The molecule has 1 unspecified atom stereocenters. The van der Waals surface area contributed by atoms with Gasteiger partial charge in [-0.25, -0.2) is 0 Å². The molecule has 0 saturated carbocycles. The van der Waals surface area contributed by atoms with Crippen molar-refractivity contribution in [3.63, 3.8) is 0 Å². The van der Waals surface area contributed by atoms with Crippen molar-refractivity contribution < 1.29 is 9.90 Å². The summed E-state index contributed by atoms with van der Waals surface area (Å²) in [6, 6.07) is 0. The molecular weight excluding hydrogens is 268 g/mol. The third kappa shape index (κ3) is 5.62. The van der Waals surface area contributed by atoms with Crippen LogP contribution in [-0.2, 0) is 4.79 Å². The van der Waals surface area contributed by atoms with Crippen LogP contribution in [0.4, 0.5) is 0 Å². The van der Waals surface area contributed by atoms with E-state index in [0.717, 1.165) is 6.42 Å². The van der Waals surface area contributed by atoms with Crippen LogP contribution in [0.1, 0.15) is 32.6 Å². The van der Waals surface area contributed by atoms with Crippen LogP contribution in [0.5, 0.6) is 0 Å². The summed E-state index contributed by atoms with van der Waals surface area (Å²) in [5.74, 6) is -0.855. The summed E-state index contributed by atoms with van der Waals surface area (Å²) >= 11 is 1.71. The van der Waals surface area contributed by atoms with Crippen LogP contribution in [0.3, 0.4) is 0 Å². The average Bonchev–Trinajstić information content (AvgIpc) is 2.00. The molecule has 0 radical (unpaired) electrons. The van der Waals surface area contributed by atoms with Crippen molar-refractivity contribution in [3.8, 4) is 0 Å². The van der Waals surface area contributed by atoms with Gasteiger partial charge >= 0.3 is 86.9 Å². The molecule has 0 aliphatic rings. The molecule has 0 aromatic rings. The van der Waals surface area contributed by atoms with Gasteiger partial charge in [-0.1, -0.05) is 0 Å². The monoisotopic (exact) mass is 286 g/mol. The van der Waals surface area contributed by atoms with Gasteiger partial charge in [0.05, 0.1) is 0 Å². The van der Waals surface area contributed by atoms with Gasteiger partial charge in [0.15, 0.2) is 0 Å². The molecule has 0 bridgehead atoms. The predicted octanol–water partition coefficient (Wildman–Crippen LogP) is 1.90. The van der Waals surface area contributed by atoms with E-state index in [0.29, 0.717) is 16.0 Å². The van der Waals surface area contributed by atoms with Crippen molar-refractivity contribution in [2.45, 2.75) is 36.6 Å². The molecule has 0 aromatic heterocycles. The maximum absolute atomic E-state index is 10.4. The van der Waals surface area contributed by atoms with Gasteiger partial charge in [0, 0.05) is 0 Å². The zero-order valence-electron chi connectivity index (χ0n) is 7.42. The molecule has 1 atom stereocenters. The molecule has 0 aliphatic heterocycles. The number of carboxylic acid groups (broad SMARTS) is 1. The summed E-state index contributed by atoms with van der Waals surface area (Å²) in [6.45, 7) is 5.65. The first kappa shape index (κ1) is 12.0. The second-order valence-corrected chi connectivity index (χ2v) is 4.99. The maximum atomic E-state index is 10.4. The van der Waals surface area contributed by atoms with Crippen molar-refractivity contribution in [2.24, 2.45) is 0 Å². The molecule has 70 valence electrons. The standard InChI is InChI=1S/C9H16O2Te/c1-3-4-5-8(12)6-7(2)9(10)11/h8,12H,2-6H2,1H3,(H,10,11). The van der Waals surface area contributed by atoms with Gasteiger partial charge in [-0.3, -0.25) is 0 Å². The van der Waals surface area contributed by atoms with Gasteiger partial charge < -0.3 is 0 Å². The minimum atomic E-state index is -0.855. The Morgan fingerprint density at radius 1 is 1.67 bits per heavy atom. The predicted molar refractivity (Wildman–Crippen MR) is 51.8 cm³/mol. The Morgan fingerprint density at radius 3 is 2.67 bits per heavy atom. The number of aliphatic carboxylic acids is 1. The molecule has 0 aliphatic carbocycles. The van der Waals surface area contributed by atoms with Gasteiger partial charge in [0.25, 0.3) is 0 Å². The molecule has 0 spiro atoms. The van der Waals surface area contributed by atoms with E-state index in [4.69, 9.17) is 5.11 Å². The van der Waals surface area contributed by atoms with E-state index in [1.165, 1.54) is 12.8 Å². The number of carbonyl (C=O) groups is 1. The van der Waals surface area contributed by atoms with E-state index in [2.05, 4.69) is 13.5 Å². The van der Waals surface area contributed by atoms with E-state index < -0.39 is 5.97 Å². The fourth-order valence-corrected chi connectivity index (χ4v) is 2.06. The summed E-state index contributed by atoms with van der Waals surface area (Å²) in [6.07, 6.45) is 4.13. The number of carboxylic acids is 1. The van der Waals surface area contributed by atoms with Gasteiger partial charge in [-0.2, -0.15) is 0 Å². The zero-order chi connectivity index (χ0) is 9.56. The fraction of sp³-hybridized carbons (Fsp3) is 0.667. The van der Waals surface area contributed by atoms with E-state index in [9.17, 15) is 4.79 Å². The van der Waals surface area contributed by atoms with Crippen LogP contribution in [0.15, 0.2) is 12.2 Å². The van der Waals surface area contributed by atoms with Crippen LogP contribution in [-0.4, -0.2) is 33.4 Å². The Kier molecular flexibility index (Phi) is 6.51. The van der Waals surface area contributed by atoms with Crippen molar-refractivity contribution in [1.29, 1.82) is 0 Å².